The number of hydrogen-bond acceptors (Lipinski definition) is 9. The number of carbonyl (C=O) groups excluding carboxylic acids is 3. The smallest absolute Gasteiger partial charge is 0.333 e. The molecule has 4 bridgehead atoms. The molecule has 0 amide bonds. The summed E-state index contributed by atoms with van der Waals surface area (Å²) in [4.78, 5) is 44.8. The molecular weight excluding hydrogens is 670 g/mol. The van der Waals surface area contributed by atoms with Crippen molar-refractivity contribution in [2.45, 2.75) is 124 Å². The van der Waals surface area contributed by atoms with E-state index in [0.717, 1.165) is 49.9 Å². The summed E-state index contributed by atoms with van der Waals surface area (Å²) in [6.45, 7) is 18.5. The number of esters is 1. The Hall–Kier alpha value is -3.95. The van der Waals surface area contributed by atoms with E-state index in [1.165, 1.54) is 5.57 Å². The first-order valence-corrected chi connectivity index (χ1v) is 19.3. The number of carbonyl (C=O) groups is 3. The van der Waals surface area contributed by atoms with Crippen LogP contribution < -0.4 is 4.74 Å². The predicted octanol–water partition coefficient (Wildman–Crippen LogP) is 7.82. The van der Waals surface area contributed by atoms with E-state index in [4.69, 9.17) is 14.2 Å². The number of aromatic hydroxyl groups is 2. The molecule has 3 aliphatic heterocycles. The zero-order valence-corrected chi connectivity index (χ0v) is 32.8. The second kappa shape index (κ2) is 14.7. The van der Waals surface area contributed by atoms with E-state index in [0.29, 0.717) is 29.7 Å². The number of benzene rings is 1. The van der Waals surface area contributed by atoms with Crippen LogP contribution in [0.15, 0.2) is 58.2 Å². The lowest BCUT2D eigenvalue weighted by molar-refractivity contribution is -0.171. The summed E-state index contributed by atoms with van der Waals surface area (Å²) in [5, 5.41) is 23.7. The second-order valence-corrected chi connectivity index (χ2v) is 16.7. The normalized spacial score (nSPS) is 27.2. The molecule has 9 heteroatoms. The van der Waals surface area contributed by atoms with Gasteiger partial charge in [-0.2, -0.15) is 0 Å². The molecule has 3 fully saturated rings. The number of ether oxygens (including phenoxy) is 3. The molecule has 1 spiro atoms. The molecule has 286 valence electrons. The lowest BCUT2D eigenvalue weighted by Gasteiger charge is -2.56. The highest BCUT2D eigenvalue weighted by Crippen LogP contribution is 2.68. The quantitative estimate of drug-likeness (QED) is 0.119. The second-order valence-electron chi connectivity index (χ2n) is 16.7. The van der Waals surface area contributed by atoms with Gasteiger partial charge in [0.2, 0.25) is 0 Å². The fraction of sp³-hybridized carbons (Fsp3) is 0.568. The van der Waals surface area contributed by atoms with Crippen LogP contribution in [0.25, 0.3) is 0 Å². The van der Waals surface area contributed by atoms with E-state index < -0.39 is 40.4 Å². The molecule has 0 radical (unpaired) electrons. The van der Waals surface area contributed by atoms with Crippen molar-refractivity contribution < 1.29 is 38.8 Å². The Bertz CT molecular complexity index is 1850. The van der Waals surface area contributed by atoms with Gasteiger partial charge in [-0.3, -0.25) is 14.5 Å². The number of phenols is 2. The van der Waals surface area contributed by atoms with Crippen LogP contribution in [0.4, 0.5) is 0 Å². The summed E-state index contributed by atoms with van der Waals surface area (Å²) in [5.74, 6) is -2.44. The molecule has 2 N–H and O–H groups in total. The van der Waals surface area contributed by atoms with Gasteiger partial charge in [0, 0.05) is 47.1 Å². The Balaban J connectivity index is 1.41. The summed E-state index contributed by atoms with van der Waals surface area (Å²) in [5.41, 5.74) is 0.612. The van der Waals surface area contributed by atoms with E-state index in [1.54, 1.807) is 19.1 Å². The first-order valence-electron chi connectivity index (χ1n) is 19.3. The summed E-state index contributed by atoms with van der Waals surface area (Å²) in [7, 11) is 0. The first-order chi connectivity index (χ1) is 25.0. The largest absolute Gasteiger partial charge is 0.507 e. The van der Waals surface area contributed by atoms with Crippen LogP contribution in [0.5, 0.6) is 17.2 Å². The van der Waals surface area contributed by atoms with E-state index >= 15 is 0 Å². The number of ketones is 2. The third-order valence-electron chi connectivity index (χ3n) is 12.0. The van der Waals surface area contributed by atoms with Crippen molar-refractivity contribution >= 4 is 17.5 Å². The molecule has 2 saturated heterocycles. The van der Waals surface area contributed by atoms with Gasteiger partial charge in [0.05, 0.1) is 5.60 Å². The lowest BCUT2D eigenvalue weighted by atomic mass is 9.51. The molecule has 4 atom stereocenters. The van der Waals surface area contributed by atoms with Gasteiger partial charge in [0.25, 0.3) is 0 Å². The van der Waals surface area contributed by atoms with Crippen LogP contribution in [0.1, 0.15) is 115 Å². The van der Waals surface area contributed by atoms with E-state index in [9.17, 15) is 24.6 Å². The van der Waals surface area contributed by atoms with Gasteiger partial charge in [-0.25, -0.2) is 4.79 Å². The minimum absolute atomic E-state index is 0.00285. The number of likely N-dealkylation sites (tertiary alicyclic amines) is 1. The standard InChI is InChI=1S/C44H57NO8/c1-26(2)12-11-13-28(5)15-17-31-36(46)32(16-14-27(3)4)39-35(37(31)47)38(48)33-24-30-25-34-42(7,8)53-43(40(30)49,44(33,34)52-39)19-18-29(6)41(50)51-23-22-45-20-9-10-21-45/h12,14-15,18,24,30,34,46-47H,9-11,13,16-17,19-23,25H2,1-8H3/b28-15+,29-18-. The maximum Gasteiger partial charge on any atom is 0.333 e. The number of fused-ring (bicyclic) bond motifs is 1. The average molecular weight is 728 g/mol. The number of phenolic OH excluding ortho intramolecular Hbond substituents is 2. The molecule has 1 aromatic rings. The fourth-order valence-electron chi connectivity index (χ4n) is 9.18. The van der Waals surface area contributed by atoms with Crippen molar-refractivity contribution in [3.63, 3.8) is 0 Å². The summed E-state index contributed by atoms with van der Waals surface area (Å²) >= 11 is 0. The number of rotatable bonds is 13. The molecule has 0 aromatic heterocycles. The maximum absolute atomic E-state index is 14.9. The van der Waals surface area contributed by atoms with Crippen molar-refractivity contribution in [3.05, 3.63) is 74.9 Å². The average Bonchev–Trinajstić information content (AvgIpc) is 3.66. The topological polar surface area (TPSA) is 123 Å². The van der Waals surface area contributed by atoms with Crippen LogP contribution in [0.3, 0.4) is 0 Å². The summed E-state index contributed by atoms with van der Waals surface area (Å²) in [6, 6.07) is 0. The van der Waals surface area contributed by atoms with Crippen LogP contribution in [-0.4, -0.2) is 75.7 Å². The minimum atomic E-state index is -1.62. The Labute approximate surface area is 314 Å². The van der Waals surface area contributed by atoms with Gasteiger partial charge in [0.1, 0.15) is 29.4 Å². The van der Waals surface area contributed by atoms with Gasteiger partial charge < -0.3 is 24.4 Å². The van der Waals surface area contributed by atoms with Gasteiger partial charge in [-0.15, -0.1) is 0 Å². The highest BCUT2D eigenvalue weighted by atomic mass is 16.6. The van der Waals surface area contributed by atoms with Crippen LogP contribution in [0.2, 0.25) is 0 Å². The molecule has 6 aliphatic rings. The van der Waals surface area contributed by atoms with Gasteiger partial charge in [-0.1, -0.05) is 47.1 Å². The molecule has 3 heterocycles. The SMILES string of the molecule is CC(C)=CCC/C(C)=C/Cc1c(O)c(CC=C(C)C)c2c(c1O)C(=O)C1=CC3CC4C(C)(C)OC(C/C=C(/C)C(=O)OCCN5CCCC5)(C3=O)C14O2. The van der Waals surface area contributed by atoms with E-state index in [-0.39, 0.29) is 60.0 Å². The highest BCUT2D eigenvalue weighted by molar-refractivity contribution is 6.18. The molecule has 1 aromatic carbocycles. The van der Waals surface area contributed by atoms with E-state index in [2.05, 4.69) is 24.8 Å². The zero-order chi connectivity index (χ0) is 38.5. The molecule has 9 nitrogen and oxygen atoms in total. The number of nitrogens with zero attached hydrogens (tertiary/aromatic N) is 1. The zero-order valence-electron chi connectivity index (χ0n) is 32.8. The molecule has 7 rings (SSSR count). The number of hydrogen-bond donors (Lipinski definition) is 2. The molecule has 1 saturated carbocycles. The lowest BCUT2D eigenvalue weighted by Crippen LogP contribution is -2.72. The minimum Gasteiger partial charge on any atom is -0.507 e. The number of allylic oxidation sites excluding steroid dienone is 7. The van der Waals surface area contributed by atoms with Crippen LogP contribution >= 0.6 is 0 Å². The van der Waals surface area contributed by atoms with E-state index in [1.807, 2.05) is 46.8 Å². The van der Waals surface area contributed by atoms with Crippen molar-refractivity contribution in [3.8, 4) is 17.2 Å². The third-order valence-corrected chi connectivity index (χ3v) is 12.0. The molecular formula is C44H57NO8. The van der Waals surface area contributed by atoms with Crippen molar-refractivity contribution in [1.82, 2.24) is 4.90 Å². The third kappa shape index (κ3) is 6.73. The summed E-state index contributed by atoms with van der Waals surface area (Å²) in [6.07, 6.45) is 14.4. The van der Waals surface area contributed by atoms with Gasteiger partial charge in [0.15, 0.2) is 22.8 Å². The molecule has 4 unspecified atom stereocenters. The number of Topliss-reactive ketones (excluding diaryl/α,β-unsaturated/α-hetero) is 2. The van der Waals surface area contributed by atoms with Crippen molar-refractivity contribution in [2.75, 3.05) is 26.2 Å². The Morgan fingerprint density at radius 2 is 1.62 bits per heavy atom. The predicted molar refractivity (Wildman–Crippen MR) is 204 cm³/mol. The van der Waals surface area contributed by atoms with Crippen LogP contribution in [0, 0.1) is 11.8 Å². The van der Waals surface area contributed by atoms with Gasteiger partial charge in [-0.05, 0) is 113 Å². The molecule has 53 heavy (non-hydrogen) atoms. The summed E-state index contributed by atoms with van der Waals surface area (Å²) < 4.78 is 19.5. The Morgan fingerprint density at radius 3 is 2.30 bits per heavy atom. The highest BCUT2D eigenvalue weighted by Gasteiger charge is 2.81. The van der Waals surface area contributed by atoms with Crippen molar-refractivity contribution in [1.29, 1.82) is 0 Å². The van der Waals surface area contributed by atoms with Crippen molar-refractivity contribution in [2.24, 2.45) is 11.8 Å². The van der Waals surface area contributed by atoms with Gasteiger partial charge >= 0.3 is 5.97 Å². The van der Waals surface area contributed by atoms with Crippen LogP contribution in [-0.2, 0) is 31.9 Å². The Morgan fingerprint density at radius 1 is 0.943 bits per heavy atom. The first kappa shape index (κ1) is 38.8. The maximum atomic E-state index is 14.9. The fourth-order valence-corrected chi connectivity index (χ4v) is 9.18. The Kier molecular flexibility index (Phi) is 10.8. The molecule has 3 aliphatic carbocycles. The monoisotopic (exact) mass is 727 g/mol.